The molecule has 1 unspecified atom stereocenters. The lowest BCUT2D eigenvalue weighted by atomic mass is 9.88. The van der Waals surface area contributed by atoms with Crippen LogP contribution >= 0.6 is 15.9 Å². The van der Waals surface area contributed by atoms with Crippen molar-refractivity contribution < 1.29 is 9.18 Å². The van der Waals surface area contributed by atoms with Gasteiger partial charge in [-0.25, -0.2) is 4.39 Å². The fraction of sp³-hybridized carbons (Fsp3) is 0.462. The van der Waals surface area contributed by atoms with E-state index in [0.717, 1.165) is 6.42 Å². The van der Waals surface area contributed by atoms with Gasteiger partial charge in [-0.2, -0.15) is 0 Å². The molecule has 1 aromatic rings. The topological polar surface area (TPSA) is 43.1 Å². The van der Waals surface area contributed by atoms with Crippen molar-refractivity contribution in [3.05, 3.63) is 34.1 Å². The van der Waals surface area contributed by atoms with Gasteiger partial charge < -0.3 is 5.73 Å². The van der Waals surface area contributed by atoms with E-state index in [1.165, 1.54) is 6.07 Å². The zero-order valence-corrected chi connectivity index (χ0v) is 11.7. The molecule has 0 radical (unpaired) electrons. The van der Waals surface area contributed by atoms with Crippen LogP contribution in [0.4, 0.5) is 4.39 Å². The number of ketones is 1. The van der Waals surface area contributed by atoms with E-state index in [2.05, 4.69) is 15.9 Å². The molecule has 0 aliphatic heterocycles. The molecule has 0 saturated carbocycles. The van der Waals surface area contributed by atoms with Crippen LogP contribution in [-0.2, 0) is 11.2 Å². The maximum atomic E-state index is 13.6. The molecule has 0 saturated heterocycles. The molecule has 0 spiro atoms. The van der Waals surface area contributed by atoms with Gasteiger partial charge in [-0.1, -0.05) is 35.3 Å². The first-order valence-corrected chi connectivity index (χ1v) is 6.42. The van der Waals surface area contributed by atoms with Crippen LogP contribution < -0.4 is 5.73 Å². The summed E-state index contributed by atoms with van der Waals surface area (Å²) < 4.78 is 14.2. The molecule has 0 amide bonds. The fourth-order valence-electron chi connectivity index (χ4n) is 1.70. The van der Waals surface area contributed by atoms with Crippen LogP contribution in [-0.4, -0.2) is 11.3 Å². The number of hydrogen-bond donors (Lipinski definition) is 1. The van der Waals surface area contributed by atoms with Gasteiger partial charge in [0, 0.05) is 10.9 Å². The van der Waals surface area contributed by atoms with E-state index in [9.17, 15) is 9.18 Å². The first kappa shape index (κ1) is 14.3. The third-order valence-electron chi connectivity index (χ3n) is 2.77. The summed E-state index contributed by atoms with van der Waals surface area (Å²) in [6.07, 6.45) is 1.50. The molecule has 0 aliphatic carbocycles. The molecule has 1 aromatic carbocycles. The third kappa shape index (κ3) is 3.89. The number of carbonyl (C=O) groups excluding carboxylic acids is 1. The Morgan fingerprint density at radius 2 is 2.18 bits per heavy atom. The number of nitrogens with two attached hydrogens (primary N) is 1. The van der Waals surface area contributed by atoms with Crippen LogP contribution in [0.5, 0.6) is 0 Å². The van der Waals surface area contributed by atoms with E-state index in [-0.39, 0.29) is 18.0 Å². The van der Waals surface area contributed by atoms with E-state index >= 15 is 0 Å². The minimum absolute atomic E-state index is 0.0477. The molecule has 0 bridgehead atoms. The molecule has 2 nitrogen and oxygen atoms in total. The monoisotopic (exact) mass is 301 g/mol. The Labute approximate surface area is 110 Å². The predicted molar refractivity (Wildman–Crippen MR) is 70.3 cm³/mol. The predicted octanol–water partition coefficient (Wildman–Crippen LogP) is 3.22. The molecule has 2 N–H and O–H groups in total. The van der Waals surface area contributed by atoms with E-state index in [0.29, 0.717) is 16.5 Å². The average Bonchev–Trinajstić information content (AvgIpc) is 2.22. The van der Waals surface area contributed by atoms with Crippen molar-refractivity contribution >= 4 is 21.7 Å². The van der Waals surface area contributed by atoms with Crippen LogP contribution in [0.25, 0.3) is 0 Å². The van der Waals surface area contributed by atoms with E-state index < -0.39 is 5.54 Å². The fourth-order valence-corrected chi connectivity index (χ4v) is 2.03. The van der Waals surface area contributed by atoms with E-state index in [1.54, 1.807) is 19.1 Å². The highest BCUT2D eigenvalue weighted by atomic mass is 79.9. The lowest BCUT2D eigenvalue weighted by molar-refractivity contribution is -0.123. The second-order valence-corrected chi connectivity index (χ2v) is 5.42. The smallest absolute Gasteiger partial charge is 0.156 e. The van der Waals surface area contributed by atoms with Gasteiger partial charge in [0.2, 0.25) is 0 Å². The molecule has 0 aliphatic rings. The molecular formula is C13H17BrFNO. The Bertz CT molecular complexity index is 418. The number of hydrogen-bond acceptors (Lipinski definition) is 2. The summed E-state index contributed by atoms with van der Waals surface area (Å²) in [5, 5.41) is 0. The van der Waals surface area contributed by atoms with E-state index in [1.807, 2.05) is 6.92 Å². The maximum absolute atomic E-state index is 13.6. The minimum Gasteiger partial charge on any atom is -0.319 e. The summed E-state index contributed by atoms with van der Waals surface area (Å²) in [5.74, 6) is -0.499. The van der Waals surface area contributed by atoms with Crippen LogP contribution in [0.3, 0.4) is 0 Å². The van der Waals surface area contributed by atoms with Crippen molar-refractivity contribution in [1.29, 1.82) is 0 Å². The summed E-state index contributed by atoms with van der Waals surface area (Å²) in [6, 6.07) is 4.69. The average molecular weight is 302 g/mol. The maximum Gasteiger partial charge on any atom is 0.156 e. The minimum atomic E-state index is -0.867. The highest BCUT2D eigenvalue weighted by Gasteiger charge is 2.27. The number of rotatable bonds is 5. The Morgan fingerprint density at radius 3 is 2.71 bits per heavy atom. The molecular weight excluding hydrogens is 285 g/mol. The number of carbonyl (C=O) groups is 1. The summed E-state index contributed by atoms with van der Waals surface area (Å²) in [4.78, 5) is 12.0. The Morgan fingerprint density at radius 1 is 1.53 bits per heavy atom. The number of benzene rings is 1. The molecule has 0 fully saturated rings. The van der Waals surface area contributed by atoms with Gasteiger partial charge in [-0.05, 0) is 31.0 Å². The van der Waals surface area contributed by atoms with Crippen molar-refractivity contribution in [2.75, 3.05) is 0 Å². The third-order valence-corrected chi connectivity index (χ3v) is 3.27. The van der Waals surface area contributed by atoms with Crippen molar-refractivity contribution in [3.63, 3.8) is 0 Å². The van der Waals surface area contributed by atoms with Gasteiger partial charge in [0.25, 0.3) is 0 Å². The Balaban J connectivity index is 2.81. The van der Waals surface area contributed by atoms with Crippen molar-refractivity contribution in [1.82, 2.24) is 0 Å². The van der Waals surface area contributed by atoms with Crippen LogP contribution in [0, 0.1) is 5.82 Å². The van der Waals surface area contributed by atoms with Crippen LogP contribution in [0.15, 0.2) is 22.7 Å². The Hall–Kier alpha value is -0.740. The quantitative estimate of drug-likeness (QED) is 0.907. The van der Waals surface area contributed by atoms with Crippen LogP contribution in [0.2, 0.25) is 0 Å². The second kappa shape index (κ2) is 5.74. The first-order chi connectivity index (χ1) is 7.86. The molecule has 94 valence electrons. The first-order valence-electron chi connectivity index (χ1n) is 5.63. The molecule has 0 heterocycles. The number of Topliss-reactive ketones (excluding diaryl/α,β-unsaturated/α-hetero) is 1. The normalized spacial score (nSPS) is 14.4. The molecule has 1 rings (SSSR count). The highest BCUT2D eigenvalue weighted by molar-refractivity contribution is 9.10. The molecule has 4 heteroatoms. The van der Waals surface area contributed by atoms with Gasteiger partial charge in [-0.15, -0.1) is 0 Å². The standard InChI is InChI=1S/C13H17BrFNO/c1-3-6-13(2,16)12(17)7-9-4-5-10(14)8-11(9)15/h4-5,8H,3,6-7,16H2,1-2H3. The lowest BCUT2D eigenvalue weighted by Crippen LogP contribution is -2.45. The summed E-state index contributed by atoms with van der Waals surface area (Å²) in [6.45, 7) is 3.67. The number of halogens is 2. The lowest BCUT2D eigenvalue weighted by Gasteiger charge is -2.22. The van der Waals surface area contributed by atoms with Gasteiger partial charge in [-0.3, -0.25) is 4.79 Å². The van der Waals surface area contributed by atoms with E-state index in [4.69, 9.17) is 5.73 Å². The zero-order chi connectivity index (χ0) is 13.1. The molecule has 17 heavy (non-hydrogen) atoms. The SMILES string of the molecule is CCCC(C)(N)C(=O)Cc1ccc(Br)cc1F. The second-order valence-electron chi connectivity index (χ2n) is 4.50. The summed E-state index contributed by atoms with van der Waals surface area (Å²) in [7, 11) is 0. The Kier molecular flexibility index (Phi) is 4.83. The van der Waals surface area contributed by atoms with Gasteiger partial charge in [0.1, 0.15) is 5.82 Å². The van der Waals surface area contributed by atoms with Gasteiger partial charge >= 0.3 is 0 Å². The summed E-state index contributed by atoms with van der Waals surface area (Å²) >= 11 is 3.18. The van der Waals surface area contributed by atoms with Crippen LogP contribution in [0.1, 0.15) is 32.3 Å². The van der Waals surface area contributed by atoms with Gasteiger partial charge in [0.05, 0.1) is 5.54 Å². The summed E-state index contributed by atoms with van der Waals surface area (Å²) in [5.41, 5.74) is 5.44. The van der Waals surface area contributed by atoms with Crippen molar-refractivity contribution in [2.45, 2.75) is 38.6 Å². The van der Waals surface area contributed by atoms with Gasteiger partial charge in [0.15, 0.2) is 5.78 Å². The molecule has 0 aromatic heterocycles. The zero-order valence-electron chi connectivity index (χ0n) is 10.1. The van der Waals surface area contributed by atoms with Crippen molar-refractivity contribution in [2.24, 2.45) is 5.73 Å². The largest absolute Gasteiger partial charge is 0.319 e. The van der Waals surface area contributed by atoms with Crippen molar-refractivity contribution in [3.8, 4) is 0 Å². The molecule has 1 atom stereocenters. The highest BCUT2D eigenvalue weighted by Crippen LogP contribution is 2.19.